The fraction of sp³-hybridized carbons (Fsp3) is 0.118. The van der Waals surface area contributed by atoms with Crippen LogP contribution in [0.15, 0.2) is 52.9 Å². The summed E-state index contributed by atoms with van der Waals surface area (Å²) in [6.45, 7) is 1.52. The number of benzene rings is 2. The average Bonchev–Trinajstić information content (AvgIpc) is 3.05. The molecule has 7 heteroatoms. The summed E-state index contributed by atoms with van der Waals surface area (Å²) in [5.74, 6) is -2.25. The van der Waals surface area contributed by atoms with Crippen molar-refractivity contribution in [1.82, 2.24) is 10.2 Å². The van der Waals surface area contributed by atoms with E-state index in [0.717, 1.165) is 17.7 Å². The number of hydrogen-bond acceptors (Lipinski definition) is 5. The molecule has 0 aliphatic heterocycles. The second kappa shape index (κ2) is 6.57. The molecule has 122 valence electrons. The van der Waals surface area contributed by atoms with Crippen LogP contribution in [-0.4, -0.2) is 16.2 Å². The van der Waals surface area contributed by atoms with Gasteiger partial charge in [0.2, 0.25) is 5.89 Å². The molecular formula is C17H12F2N2O3. The van der Waals surface area contributed by atoms with Gasteiger partial charge >= 0.3 is 5.97 Å². The summed E-state index contributed by atoms with van der Waals surface area (Å²) in [5, 5.41) is 7.72. The zero-order valence-corrected chi connectivity index (χ0v) is 12.6. The molecule has 0 amide bonds. The molecule has 0 N–H and O–H groups in total. The molecule has 1 atom stereocenters. The van der Waals surface area contributed by atoms with Crippen molar-refractivity contribution in [1.29, 1.82) is 0 Å². The van der Waals surface area contributed by atoms with Crippen molar-refractivity contribution in [3.8, 4) is 11.5 Å². The quantitative estimate of drug-likeness (QED) is 0.678. The molecule has 3 aromatic rings. The number of halogens is 2. The van der Waals surface area contributed by atoms with Crippen molar-refractivity contribution in [2.75, 3.05) is 0 Å². The minimum atomic E-state index is -0.889. The van der Waals surface area contributed by atoms with E-state index in [1.807, 2.05) is 18.2 Å². The Balaban J connectivity index is 1.74. The zero-order chi connectivity index (χ0) is 17.1. The lowest BCUT2D eigenvalue weighted by Gasteiger charge is -2.09. The third-order valence-electron chi connectivity index (χ3n) is 3.19. The number of carbonyl (C=O) groups excluding carboxylic acids is 1. The minimum absolute atomic E-state index is 0.0825. The highest BCUT2D eigenvalue weighted by Gasteiger charge is 2.20. The zero-order valence-electron chi connectivity index (χ0n) is 12.6. The van der Waals surface area contributed by atoms with Crippen molar-refractivity contribution in [2.24, 2.45) is 0 Å². The van der Waals surface area contributed by atoms with E-state index in [4.69, 9.17) is 9.15 Å². The molecule has 1 aromatic heterocycles. The van der Waals surface area contributed by atoms with Gasteiger partial charge in [-0.15, -0.1) is 10.2 Å². The van der Waals surface area contributed by atoms with E-state index in [1.165, 1.54) is 6.92 Å². The van der Waals surface area contributed by atoms with E-state index in [-0.39, 0.29) is 17.3 Å². The average molecular weight is 330 g/mol. The Labute approximate surface area is 135 Å². The van der Waals surface area contributed by atoms with Crippen LogP contribution in [0.25, 0.3) is 11.5 Å². The monoisotopic (exact) mass is 330 g/mol. The second-order valence-electron chi connectivity index (χ2n) is 5.02. The number of esters is 1. The van der Waals surface area contributed by atoms with E-state index in [2.05, 4.69) is 10.2 Å². The van der Waals surface area contributed by atoms with Crippen LogP contribution in [0.4, 0.5) is 8.78 Å². The number of hydrogen-bond donors (Lipinski definition) is 0. The van der Waals surface area contributed by atoms with Gasteiger partial charge in [-0.1, -0.05) is 18.2 Å². The van der Waals surface area contributed by atoms with Crippen LogP contribution in [0.3, 0.4) is 0 Å². The summed E-state index contributed by atoms with van der Waals surface area (Å²) in [4.78, 5) is 12.0. The van der Waals surface area contributed by atoms with Crippen LogP contribution >= 0.6 is 0 Å². The predicted octanol–water partition coefficient (Wildman–Crippen LogP) is 3.93. The third-order valence-corrected chi connectivity index (χ3v) is 3.19. The molecule has 2 aromatic carbocycles. The smallest absolute Gasteiger partial charge is 0.339 e. The Morgan fingerprint density at radius 2 is 1.75 bits per heavy atom. The molecule has 0 saturated carbocycles. The molecule has 0 aliphatic rings. The molecule has 0 aliphatic carbocycles. The van der Waals surface area contributed by atoms with Crippen molar-refractivity contribution in [3.05, 3.63) is 71.6 Å². The standard InChI is InChI=1S/C17H12F2N2O3/c1-10(23-17(22)12-7-13(18)9-14(19)8-12)15-20-21-16(24-15)11-5-3-2-4-6-11/h2-10H,1H3/t10-/m1/s1. The Bertz CT molecular complexity index is 845. The van der Waals surface area contributed by atoms with Gasteiger partial charge in [0.1, 0.15) is 11.6 Å². The highest BCUT2D eigenvalue weighted by Crippen LogP contribution is 2.23. The van der Waals surface area contributed by atoms with Crippen LogP contribution in [0.2, 0.25) is 0 Å². The van der Waals surface area contributed by atoms with Crippen LogP contribution < -0.4 is 0 Å². The summed E-state index contributed by atoms with van der Waals surface area (Å²) in [5.41, 5.74) is 0.490. The molecular weight excluding hydrogens is 318 g/mol. The SMILES string of the molecule is C[C@@H](OC(=O)c1cc(F)cc(F)c1)c1nnc(-c2ccccc2)o1. The molecule has 3 rings (SSSR count). The van der Waals surface area contributed by atoms with Crippen LogP contribution in [-0.2, 0) is 4.74 Å². The summed E-state index contributed by atoms with van der Waals surface area (Å²) in [7, 11) is 0. The van der Waals surface area contributed by atoms with E-state index in [0.29, 0.717) is 6.07 Å². The summed E-state index contributed by atoms with van der Waals surface area (Å²) >= 11 is 0. The normalized spacial score (nSPS) is 12.0. The fourth-order valence-corrected chi connectivity index (χ4v) is 2.05. The van der Waals surface area contributed by atoms with E-state index < -0.39 is 23.7 Å². The van der Waals surface area contributed by atoms with Gasteiger partial charge in [-0.25, -0.2) is 13.6 Å². The lowest BCUT2D eigenvalue weighted by molar-refractivity contribution is 0.0278. The molecule has 0 unspecified atom stereocenters. The van der Waals surface area contributed by atoms with Gasteiger partial charge in [-0.3, -0.25) is 0 Å². The lowest BCUT2D eigenvalue weighted by Crippen LogP contribution is -2.10. The first-order chi connectivity index (χ1) is 11.5. The molecule has 0 bridgehead atoms. The highest BCUT2D eigenvalue weighted by atomic mass is 19.1. The summed E-state index contributed by atoms with van der Waals surface area (Å²) < 4.78 is 36.9. The van der Waals surface area contributed by atoms with Crippen LogP contribution in [0.1, 0.15) is 29.3 Å². The number of nitrogens with zero attached hydrogens (tertiary/aromatic N) is 2. The molecule has 0 fully saturated rings. The number of carbonyl (C=O) groups is 1. The largest absolute Gasteiger partial charge is 0.449 e. The van der Waals surface area contributed by atoms with Crippen molar-refractivity contribution in [2.45, 2.75) is 13.0 Å². The van der Waals surface area contributed by atoms with Gasteiger partial charge in [0.25, 0.3) is 5.89 Å². The summed E-state index contributed by atoms with van der Waals surface area (Å²) in [6, 6.07) is 11.5. The van der Waals surface area contributed by atoms with Gasteiger partial charge in [-0.05, 0) is 31.2 Å². The predicted molar refractivity (Wildman–Crippen MR) is 79.9 cm³/mol. The fourth-order valence-electron chi connectivity index (χ4n) is 2.05. The highest BCUT2D eigenvalue weighted by molar-refractivity contribution is 5.89. The topological polar surface area (TPSA) is 65.2 Å². The van der Waals surface area contributed by atoms with Crippen LogP contribution in [0.5, 0.6) is 0 Å². The van der Waals surface area contributed by atoms with E-state index in [9.17, 15) is 13.6 Å². The first kappa shape index (κ1) is 15.8. The van der Waals surface area contributed by atoms with Crippen molar-refractivity contribution < 1.29 is 22.7 Å². The first-order valence-corrected chi connectivity index (χ1v) is 7.09. The van der Waals surface area contributed by atoms with Gasteiger partial charge in [0.05, 0.1) is 5.56 Å². The number of ether oxygens (including phenoxy) is 1. The van der Waals surface area contributed by atoms with Crippen LogP contribution in [0, 0.1) is 11.6 Å². The number of rotatable bonds is 4. The van der Waals surface area contributed by atoms with Gasteiger partial charge in [0, 0.05) is 11.6 Å². The summed E-state index contributed by atoms with van der Waals surface area (Å²) in [6.07, 6.45) is -0.867. The van der Waals surface area contributed by atoms with Crippen molar-refractivity contribution >= 4 is 5.97 Å². The maximum absolute atomic E-state index is 13.2. The van der Waals surface area contributed by atoms with E-state index in [1.54, 1.807) is 12.1 Å². The Morgan fingerprint density at radius 1 is 1.08 bits per heavy atom. The Hall–Kier alpha value is -3.09. The molecule has 0 radical (unpaired) electrons. The Kier molecular flexibility index (Phi) is 4.33. The third kappa shape index (κ3) is 3.45. The maximum atomic E-state index is 13.2. The lowest BCUT2D eigenvalue weighted by atomic mass is 10.2. The minimum Gasteiger partial charge on any atom is -0.449 e. The number of aromatic nitrogens is 2. The molecule has 0 saturated heterocycles. The molecule has 0 spiro atoms. The van der Waals surface area contributed by atoms with Gasteiger partial charge in [0.15, 0.2) is 6.10 Å². The molecule has 5 nitrogen and oxygen atoms in total. The maximum Gasteiger partial charge on any atom is 0.339 e. The van der Waals surface area contributed by atoms with Gasteiger partial charge in [-0.2, -0.15) is 0 Å². The second-order valence-corrected chi connectivity index (χ2v) is 5.02. The van der Waals surface area contributed by atoms with Crippen molar-refractivity contribution in [3.63, 3.8) is 0 Å². The molecule has 24 heavy (non-hydrogen) atoms. The van der Waals surface area contributed by atoms with Gasteiger partial charge < -0.3 is 9.15 Å². The molecule has 1 heterocycles. The Morgan fingerprint density at radius 3 is 2.42 bits per heavy atom. The first-order valence-electron chi connectivity index (χ1n) is 7.09. The van der Waals surface area contributed by atoms with E-state index >= 15 is 0 Å².